The van der Waals surface area contributed by atoms with Crippen LogP contribution in [0.1, 0.15) is 39.0 Å². The molecule has 0 aliphatic carbocycles. The number of hydrogen-bond donors (Lipinski definition) is 1. The van der Waals surface area contributed by atoms with Crippen LogP contribution in [0.2, 0.25) is 0 Å². The smallest absolute Gasteiger partial charge is 0.102 e. The summed E-state index contributed by atoms with van der Waals surface area (Å²) in [6.45, 7) is 4.87. The molecule has 0 radical (unpaired) electrons. The van der Waals surface area contributed by atoms with Gasteiger partial charge in [0.1, 0.15) is 6.17 Å². The fraction of sp³-hybridized carbons (Fsp3) is 0.769. The zero-order valence-electron chi connectivity index (χ0n) is 10.4. The third kappa shape index (κ3) is 4.90. The van der Waals surface area contributed by atoms with E-state index < -0.39 is 0 Å². The van der Waals surface area contributed by atoms with Gasteiger partial charge in [-0.05, 0) is 32.1 Å². The fourth-order valence-corrected chi connectivity index (χ4v) is 2.03. The lowest BCUT2D eigenvalue weighted by molar-refractivity contribution is 0.242. The molecule has 92 valence electrons. The molecule has 0 aromatic heterocycles. The van der Waals surface area contributed by atoms with E-state index >= 15 is 0 Å². The van der Waals surface area contributed by atoms with Gasteiger partial charge in [-0.3, -0.25) is 9.89 Å². The molecule has 1 heterocycles. The van der Waals surface area contributed by atoms with Crippen LogP contribution in [0.15, 0.2) is 17.1 Å². The first-order valence-electron chi connectivity index (χ1n) is 6.49. The summed E-state index contributed by atoms with van der Waals surface area (Å²) < 4.78 is 0. The summed E-state index contributed by atoms with van der Waals surface area (Å²) in [5, 5.41) is 0. The summed E-state index contributed by atoms with van der Waals surface area (Å²) in [5.74, 6) is 0. The zero-order chi connectivity index (χ0) is 11.6. The molecule has 1 aliphatic rings. The van der Waals surface area contributed by atoms with Gasteiger partial charge in [0.25, 0.3) is 0 Å². The summed E-state index contributed by atoms with van der Waals surface area (Å²) in [6, 6.07) is 0. The second-order valence-electron chi connectivity index (χ2n) is 4.26. The van der Waals surface area contributed by atoms with Crippen molar-refractivity contribution in [2.75, 3.05) is 19.6 Å². The first-order valence-corrected chi connectivity index (χ1v) is 6.49. The molecule has 0 saturated heterocycles. The number of nitrogens with zero attached hydrogens (tertiary/aromatic N) is 2. The maximum absolute atomic E-state index is 5.57. The summed E-state index contributed by atoms with van der Waals surface area (Å²) >= 11 is 0. The third-order valence-electron chi connectivity index (χ3n) is 2.92. The average Bonchev–Trinajstić information content (AvgIpc) is 2.72. The van der Waals surface area contributed by atoms with E-state index in [1.54, 1.807) is 0 Å². The van der Waals surface area contributed by atoms with Gasteiger partial charge >= 0.3 is 0 Å². The minimum Gasteiger partial charge on any atom is -0.329 e. The van der Waals surface area contributed by atoms with Crippen LogP contribution in [-0.4, -0.2) is 36.9 Å². The van der Waals surface area contributed by atoms with Crippen LogP contribution in [0.4, 0.5) is 0 Å². The second kappa shape index (κ2) is 8.48. The van der Waals surface area contributed by atoms with Gasteiger partial charge in [-0.15, -0.1) is 0 Å². The maximum Gasteiger partial charge on any atom is 0.102 e. The molecule has 0 aromatic carbocycles. The molecule has 0 amide bonds. The molecular weight excluding hydrogens is 198 g/mol. The molecule has 0 saturated carbocycles. The van der Waals surface area contributed by atoms with Crippen molar-refractivity contribution in [2.24, 2.45) is 10.7 Å². The van der Waals surface area contributed by atoms with Gasteiger partial charge < -0.3 is 5.73 Å². The van der Waals surface area contributed by atoms with E-state index in [2.05, 4.69) is 29.0 Å². The van der Waals surface area contributed by atoms with Gasteiger partial charge in [0, 0.05) is 25.8 Å². The van der Waals surface area contributed by atoms with E-state index in [0.717, 1.165) is 26.1 Å². The summed E-state index contributed by atoms with van der Waals surface area (Å²) in [4.78, 5) is 6.86. The largest absolute Gasteiger partial charge is 0.329 e. The van der Waals surface area contributed by atoms with Crippen LogP contribution in [-0.2, 0) is 0 Å². The predicted octanol–water partition coefficient (Wildman–Crippen LogP) is 2.18. The number of hydrogen-bond acceptors (Lipinski definition) is 3. The Morgan fingerprint density at radius 3 is 3.06 bits per heavy atom. The van der Waals surface area contributed by atoms with Crippen LogP contribution in [0.3, 0.4) is 0 Å². The Balaban J connectivity index is 2.07. The highest BCUT2D eigenvalue weighted by molar-refractivity contribution is 5.62. The highest BCUT2D eigenvalue weighted by atomic mass is 15.3. The summed E-state index contributed by atoms with van der Waals surface area (Å²) in [6.07, 6.45) is 13.0. The van der Waals surface area contributed by atoms with Crippen LogP contribution < -0.4 is 5.73 Å². The third-order valence-corrected chi connectivity index (χ3v) is 2.92. The second-order valence-corrected chi connectivity index (χ2v) is 4.26. The topological polar surface area (TPSA) is 41.6 Å². The van der Waals surface area contributed by atoms with Crippen LogP contribution >= 0.6 is 0 Å². The fourth-order valence-electron chi connectivity index (χ4n) is 2.03. The van der Waals surface area contributed by atoms with Crippen molar-refractivity contribution in [3.05, 3.63) is 12.2 Å². The van der Waals surface area contributed by atoms with E-state index in [4.69, 9.17) is 5.73 Å². The maximum atomic E-state index is 5.57. The molecule has 16 heavy (non-hydrogen) atoms. The minimum atomic E-state index is 0.402. The van der Waals surface area contributed by atoms with Gasteiger partial charge in [0.2, 0.25) is 0 Å². The van der Waals surface area contributed by atoms with Gasteiger partial charge in [0.05, 0.1) is 0 Å². The molecule has 1 unspecified atom stereocenters. The Labute approximate surface area is 99.4 Å². The molecule has 3 heteroatoms. The first kappa shape index (κ1) is 13.4. The predicted molar refractivity (Wildman–Crippen MR) is 70.8 cm³/mol. The quantitative estimate of drug-likeness (QED) is 0.506. The Morgan fingerprint density at radius 1 is 1.44 bits per heavy atom. The van der Waals surface area contributed by atoms with Crippen molar-refractivity contribution in [2.45, 2.75) is 45.2 Å². The molecule has 0 fully saturated rings. The van der Waals surface area contributed by atoms with Crippen LogP contribution in [0.25, 0.3) is 0 Å². The van der Waals surface area contributed by atoms with E-state index in [-0.39, 0.29) is 0 Å². The average molecular weight is 223 g/mol. The summed E-state index contributed by atoms with van der Waals surface area (Å²) in [7, 11) is 0. The van der Waals surface area contributed by atoms with Crippen molar-refractivity contribution in [3.8, 4) is 0 Å². The van der Waals surface area contributed by atoms with Crippen molar-refractivity contribution < 1.29 is 0 Å². The van der Waals surface area contributed by atoms with Crippen LogP contribution in [0.5, 0.6) is 0 Å². The molecule has 1 atom stereocenters. The Kier molecular flexibility index (Phi) is 7.10. The zero-order valence-corrected chi connectivity index (χ0v) is 10.4. The van der Waals surface area contributed by atoms with Gasteiger partial charge in [-0.25, -0.2) is 0 Å². The Bertz CT molecular complexity index is 223. The number of aliphatic imine (C=N–C) groups is 1. The Morgan fingerprint density at radius 2 is 2.31 bits per heavy atom. The van der Waals surface area contributed by atoms with Crippen molar-refractivity contribution >= 4 is 6.21 Å². The monoisotopic (exact) mass is 223 g/mol. The number of nitrogens with two attached hydrogens (primary N) is 1. The molecule has 1 aliphatic heterocycles. The van der Waals surface area contributed by atoms with Crippen molar-refractivity contribution in [1.29, 1.82) is 0 Å². The lowest BCUT2D eigenvalue weighted by Crippen LogP contribution is -2.34. The molecule has 0 aromatic rings. The molecule has 0 bridgehead atoms. The van der Waals surface area contributed by atoms with E-state index in [1.165, 1.54) is 25.7 Å². The standard InChI is InChI=1S/C13H25N3/c1-2-3-4-5-6-7-8-13-15-10-12-16(13)11-9-14/h3-4,10,13H,2,5-9,11-12,14H2,1H3/b4-3+. The van der Waals surface area contributed by atoms with Gasteiger partial charge in [0.15, 0.2) is 0 Å². The molecular formula is C13H25N3. The Hall–Kier alpha value is -0.670. The number of allylic oxidation sites excluding steroid dienone is 2. The van der Waals surface area contributed by atoms with E-state index in [0.29, 0.717) is 6.17 Å². The lowest BCUT2D eigenvalue weighted by Gasteiger charge is -2.21. The molecule has 2 N–H and O–H groups in total. The van der Waals surface area contributed by atoms with Gasteiger partial charge in [-0.1, -0.05) is 19.1 Å². The highest BCUT2D eigenvalue weighted by Crippen LogP contribution is 2.14. The lowest BCUT2D eigenvalue weighted by atomic mass is 10.1. The molecule has 3 nitrogen and oxygen atoms in total. The summed E-state index contributed by atoms with van der Waals surface area (Å²) in [5.41, 5.74) is 5.57. The van der Waals surface area contributed by atoms with Crippen LogP contribution in [0, 0.1) is 0 Å². The number of unbranched alkanes of at least 4 members (excludes halogenated alkanes) is 2. The van der Waals surface area contributed by atoms with Crippen molar-refractivity contribution in [3.63, 3.8) is 0 Å². The van der Waals surface area contributed by atoms with E-state index in [1.807, 2.05) is 6.21 Å². The SMILES string of the molecule is CC/C=C/CCCCC1N=CCN1CCN. The molecule has 0 spiro atoms. The highest BCUT2D eigenvalue weighted by Gasteiger charge is 2.18. The van der Waals surface area contributed by atoms with Crippen molar-refractivity contribution in [1.82, 2.24) is 4.90 Å². The first-order chi connectivity index (χ1) is 7.88. The molecule has 1 rings (SSSR count). The minimum absolute atomic E-state index is 0.402. The normalized spacial score (nSPS) is 21.2. The van der Waals surface area contributed by atoms with Gasteiger partial charge in [-0.2, -0.15) is 0 Å². The van der Waals surface area contributed by atoms with E-state index in [9.17, 15) is 0 Å². The number of rotatable bonds is 8.